The van der Waals surface area contributed by atoms with E-state index in [-0.39, 0.29) is 18.5 Å². The van der Waals surface area contributed by atoms with E-state index in [1.807, 2.05) is 0 Å². The van der Waals surface area contributed by atoms with Gasteiger partial charge in [0, 0.05) is 19.4 Å². The Bertz CT molecular complexity index is 871. The van der Waals surface area contributed by atoms with Crippen molar-refractivity contribution in [2.24, 2.45) is 0 Å². The first-order valence-corrected chi connectivity index (χ1v) is 27.2. The Morgan fingerprint density at radius 2 is 0.667 bits per heavy atom. The molecule has 0 bridgehead atoms. The molecular formula is C55H106O5. The minimum absolute atomic E-state index is 0.0925. The molecule has 0 heterocycles. The predicted octanol–water partition coefficient (Wildman–Crippen LogP) is 18.2. The summed E-state index contributed by atoms with van der Waals surface area (Å²) >= 11 is 0. The third-order valence-electron chi connectivity index (χ3n) is 12.3. The Kier molecular flexibility index (Phi) is 50.8. The van der Waals surface area contributed by atoms with Gasteiger partial charge in [-0.1, -0.05) is 264 Å². The molecule has 0 spiro atoms. The van der Waals surface area contributed by atoms with Crippen molar-refractivity contribution in [1.82, 2.24) is 0 Å². The Labute approximate surface area is 375 Å². The van der Waals surface area contributed by atoms with E-state index in [1.165, 1.54) is 231 Å². The molecule has 0 saturated carbocycles. The summed E-state index contributed by atoms with van der Waals surface area (Å²) in [5.74, 6) is -0.376. The van der Waals surface area contributed by atoms with E-state index in [1.54, 1.807) is 0 Å². The highest BCUT2D eigenvalue weighted by Crippen LogP contribution is 2.17. The normalized spacial score (nSPS) is 12.1. The maximum Gasteiger partial charge on any atom is 0.306 e. The van der Waals surface area contributed by atoms with Crippen LogP contribution in [0.2, 0.25) is 0 Å². The van der Waals surface area contributed by atoms with Gasteiger partial charge in [-0.25, -0.2) is 0 Å². The average Bonchev–Trinajstić information content (AvgIpc) is 3.25. The quantitative estimate of drug-likeness (QED) is 0.0347. The minimum Gasteiger partial charge on any atom is -0.462 e. The summed E-state index contributed by atoms with van der Waals surface area (Å²) in [6.45, 7) is 7.85. The fourth-order valence-corrected chi connectivity index (χ4v) is 8.20. The lowest BCUT2D eigenvalue weighted by Gasteiger charge is -2.18. The van der Waals surface area contributed by atoms with Crippen molar-refractivity contribution in [3.63, 3.8) is 0 Å². The average molecular weight is 847 g/mol. The molecule has 0 saturated heterocycles. The van der Waals surface area contributed by atoms with Crippen LogP contribution in [-0.4, -0.2) is 37.9 Å². The van der Waals surface area contributed by atoms with Gasteiger partial charge in [-0.15, -0.1) is 0 Å². The molecule has 0 aliphatic rings. The fraction of sp³-hybridized carbons (Fsp3) is 0.927. The molecule has 1 atom stereocenters. The van der Waals surface area contributed by atoms with Crippen LogP contribution < -0.4 is 0 Å². The van der Waals surface area contributed by atoms with Crippen molar-refractivity contribution in [1.29, 1.82) is 0 Å². The van der Waals surface area contributed by atoms with Gasteiger partial charge in [0.05, 0.1) is 6.61 Å². The number of carbonyl (C=O) groups is 2. The van der Waals surface area contributed by atoms with Crippen LogP contribution in [0.3, 0.4) is 0 Å². The Morgan fingerprint density at radius 1 is 0.350 bits per heavy atom. The van der Waals surface area contributed by atoms with Crippen molar-refractivity contribution < 1.29 is 23.8 Å². The first-order valence-electron chi connectivity index (χ1n) is 27.2. The topological polar surface area (TPSA) is 61.8 Å². The first-order chi connectivity index (χ1) is 29.6. The zero-order valence-corrected chi connectivity index (χ0v) is 41.0. The van der Waals surface area contributed by atoms with Gasteiger partial charge in [0.1, 0.15) is 6.61 Å². The van der Waals surface area contributed by atoms with Crippen molar-refractivity contribution in [2.75, 3.05) is 19.8 Å². The molecule has 0 aromatic rings. The number of esters is 2. The lowest BCUT2D eigenvalue weighted by atomic mass is 10.0. The van der Waals surface area contributed by atoms with Crippen LogP contribution in [0.25, 0.3) is 0 Å². The second kappa shape index (κ2) is 52.0. The standard InChI is InChI=1S/C55H106O5/c1-4-7-10-13-16-19-22-25-27-28-30-31-33-36-39-42-45-48-54(56)59-52-53(51-58-50-47-44-41-38-35-24-21-18-15-12-9-6-3)60-55(57)49-46-43-40-37-34-32-29-26-23-20-17-14-11-8-5-2/h15,18,53H,4-14,16-17,19-52H2,1-3H3/b18-15-. The van der Waals surface area contributed by atoms with Crippen LogP contribution in [-0.2, 0) is 23.8 Å². The third-order valence-corrected chi connectivity index (χ3v) is 12.3. The SMILES string of the molecule is CCCC/C=C\CCCCCCCCOCC(COC(=O)CCCCCCCCCCCCCCCCCCC)OC(=O)CCCCCCCCCCCCCCCCC. The van der Waals surface area contributed by atoms with Gasteiger partial charge < -0.3 is 14.2 Å². The molecule has 60 heavy (non-hydrogen) atoms. The summed E-state index contributed by atoms with van der Waals surface area (Å²) < 4.78 is 17.4. The van der Waals surface area contributed by atoms with E-state index in [9.17, 15) is 9.59 Å². The molecule has 0 fully saturated rings. The van der Waals surface area contributed by atoms with Crippen molar-refractivity contribution in [3.8, 4) is 0 Å². The second-order valence-corrected chi connectivity index (χ2v) is 18.5. The summed E-state index contributed by atoms with van der Waals surface area (Å²) in [5.41, 5.74) is 0. The van der Waals surface area contributed by atoms with E-state index in [4.69, 9.17) is 14.2 Å². The fourth-order valence-electron chi connectivity index (χ4n) is 8.20. The smallest absolute Gasteiger partial charge is 0.306 e. The number of ether oxygens (including phenoxy) is 3. The predicted molar refractivity (Wildman–Crippen MR) is 261 cm³/mol. The summed E-state index contributed by atoms with van der Waals surface area (Å²) in [6, 6.07) is 0. The summed E-state index contributed by atoms with van der Waals surface area (Å²) in [5, 5.41) is 0. The summed E-state index contributed by atoms with van der Waals surface area (Å²) in [7, 11) is 0. The van der Waals surface area contributed by atoms with Gasteiger partial charge in [-0.3, -0.25) is 9.59 Å². The van der Waals surface area contributed by atoms with Gasteiger partial charge in [0.25, 0.3) is 0 Å². The lowest BCUT2D eigenvalue weighted by Crippen LogP contribution is -2.30. The van der Waals surface area contributed by atoms with Gasteiger partial charge >= 0.3 is 11.9 Å². The molecule has 0 aromatic carbocycles. The maximum absolute atomic E-state index is 12.8. The van der Waals surface area contributed by atoms with E-state index in [2.05, 4.69) is 32.9 Å². The van der Waals surface area contributed by atoms with E-state index < -0.39 is 6.10 Å². The number of unbranched alkanes of at least 4 members (excludes halogenated alkanes) is 38. The molecule has 0 aromatic heterocycles. The van der Waals surface area contributed by atoms with Crippen molar-refractivity contribution in [3.05, 3.63) is 12.2 Å². The highest BCUT2D eigenvalue weighted by atomic mass is 16.6. The number of allylic oxidation sites excluding steroid dienone is 2. The molecule has 356 valence electrons. The van der Waals surface area contributed by atoms with E-state index >= 15 is 0 Å². The van der Waals surface area contributed by atoms with E-state index in [0.29, 0.717) is 26.1 Å². The number of carbonyl (C=O) groups excluding carboxylic acids is 2. The molecule has 5 heteroatoms. The Morgan fingerprint density at radius 3 is 1.07 bits per heavy atom. The largest absolute Gasteiger partial charge is 0.462 e. The second-order valence-electron chi connectivity index (χ2n) is 18.5. The molecule has 0 amide bonds. The minimum atomic E-state index is -0.529. The van der Waals surface area contributed by atoms with Gasteiger partial charge in [0.15, 0.2) is 6.10 Å². The van der Waals surface area contributed by atoms with Crippen LogP contribution in [0.5, 0.6) is 0 Å². The first kappa shape index (κ1) is 58.6. The van der Waals surface area contributed by atoms with Gasteiger partial charge in [0.2, 0.25) is 0 Å². The zero-order valence-electron chi connectivity index (χ0n) is 41.0. The Hall–Kier alpha value is -1.36. The molecule has 0 aliphatic carbocycles. The molecule has 0 rings (SSSR count). The highest BCUT2D eigenvalue weighted by Gasteiger charge is 2.17. The Balaban J connectivity index is 4.18. The lowest BCUT2D eigenvalue weighted by molar-refractivity contribution is -0.163. The van der Waals surface area contributed by atoms with Crippen molar-refractivity contribution in [2.45, 2.75) is 309 Å². The van der Waals surface area contributed by atoms with Crippen LogP contribution in [0, 0.1) is 0 Å². The van der Waals surface area contributed by atoms with Crippen molar-refractivity contribution >= 4 is 11.9 Å². The van der Waals surface area contributed by atoms with Crippen LogP contribution in [0.4, 0.5) is 0 Å². The summed E-state index contributed by atoms with van der Waals surface area (Å²) in [6.07, 6.45) is 59.3. The zero-order chi connectivity index (χ0) is 43.5. The summed E-state index contributed by atoms with van der Waals surface area (Å²) in [4.78, 5) is 25.4. The molecule has 0 N–H and O–H groups in total. The van der Waals surface area contributed by atoms with Gasteiger partial charge in [-0.2, -0.15) is 0 Å². The van der Waals surface area contributed by atoms with Gasteiger partial charge in [-0.05, 0) is 38.5 Å². The third kappa shape index (κ3) is 49.3. The molecular weight excluding hydrogens is 741 g/mol. The molecule has 0 radical (unpaired) electrons. The number of rotatable bonds is 51. The molecule has 5 nitrogen and oxygen atoms in total. The number of hydrogen-bond acceptors (Lipinski definition) is 5. The monoisotopic (exact) mass is 847 g/mol. The molecule has 1 unspecified atom stereocenters. The van der Waals surface area contributed by atoms with Crippen LogP contribution >= 0.6 is 0 Å². The number of hydrogen-bond donors (Lipinski definition) is 0. The molecule has 0 aliphatic heterocycles. The maximum atomic E-state index is 12.8. The highest BCUT2D eigenvalue weighted by molar-refractivity contribution is 5.70. The van der Waals surface area contributed by atoms with Crippen LogP contribution in [0.15, 0.2) is 12.2 Å². The van der Waals surface area contributed by atoms with Crippen LogP contribution in [0.1, 0.15) is 303 Å². The van der Waals surface area contributed by atoms with E-state index in [0.717, 1.165) is 38.5 Å².